The first kappa shape index (κ1) is 15.0. The second-order valence-electron chi connectivity index (χ2n) is 3.45. The molecule has 0 amide bonds. The molecular formula is C11H13BrF2N2O2. The Balaban J connectivity index is 3.13. The average molecular weight is 323 g/mol. The number of esters is 1. The Morgan fingerprint density at radius 2 is 2.28 bits per heavy atom. The molecule has 7 heteroatoms. The van der Waals surface area contributed by atoms with Gasteiger partial charge in [0.1, 0.15) is 10.3 Å². The van der Waals surface area contributed by atoms with Crippen LogP contribution in [0.2, 0.25) is 0 Å². The molecule has 0 saturated heterocycles. The highest BCUT2D eigenvalue weighted by Gasteiger charge is 2.20. The van der Waals surface area contributed by atoms with E-state index in [4.69, 9.17) is 10.5 Å². The summed E-state index contributed by atoms with van der Waals surface area (Å²) in [4.78, 5) is 15.1. The van der Waals surface area contributed by atoms with Gasteiger partial charge in [0.25, 0.3) is 6.43 Å². The fourth-order valence-corrected chi connectivity index (χ4v) is 2.02. The van der Waals surface area contributed by atoms with Gasteiger partial charge in [0.05, 0.1) is 13.0 Å². The Hall–Kier alpha value is -1.08. The quantitative estimate of drug-likeness (QED) is 0.667. The van der Waals surface area contributed by atoms with Crippen molar-refractivity contribution < 1.29 is 18.3 Å². The van der Waals surface area contributed by atoms with Gasteiger partial charge in [-0.15, -0.1) is 0 Å². The van der Waals surface area contributed by atoms with Crippen LogP contribution < -0.4 is 5.73 Å². The molecular weight excluding hydrogens is 310 g/mol. The predicted octanol–water partition coefficient (Wildman–Crippen LogP) is 2.35. The van der Waals surface area contributed by atoms with Gasteiger partial charge in [0.15, 0.2) is 0 Å². The molecule has 0 radical (unpaired) electrons. The van der Waals surface area contributed by atoms with Crippen molar-refractivity contribution in [3.8, 4) is 0 Å². The molecule has 0 spiro atoms. The predicted molar refractivity (Wildman–Crippen MR) is 65.1 cm³/mol. The molecule has 0 bridgehead atoms. The summed E-state index contributed by atoms with van der Waals surface area (Å²) >= 11 is 3.04. The van der Waals surface area contributed by atoms with Gasteiger partial charge in [0.2, 0.25) is 0 Å². The van der Waals surface area contributed by atoms with Crippen molar-refractivity contribution in [3.63, 3.8) is 0 Å². The lowest BCUT2D eigenvalue weighted by Gasteiger charge is -2.12. The highest BCUT2D eigenvalue weighted by Crippen LogP contribution is 2.26. The lowest BCUT2D eigenvalue weighted by Crippen LogP contribution is -2.14. The third-order valence-electron chi connectivity index (χ3n) is 2.27. The number of nitrogens with zero attached hydrogens (tertiary/aromatic N) is 1. The van der Waals surface area contributed by atoms with Gasteiger partial charge in [-0.25, -0.2) is 13.8 Å². The maximum atomic E-state index is 12.8. The molecule has 0 fully saturated rings. The summed E-state index contributed by atoms with van der Waals surface area (Å²) in [6.45, 7) is 1.81. The maximum absolute atomic E-state index is 12.8. The van der Waals surface area contributed by atoms with Gasteiger partial charge in [0, 0.05) is 6.54 Å². The molecule has 0 aliphatic heterocycles. The Morgan fingerprint density at radius 3 is 2.78 bits per heavy atom. The van der Waals surface area contributed by atoms with E-state index in [1.54, 1.807) is 6.92 Å². The number of hydrogen-bond acceptors (Lipinski definition) is 4. The summed E-state index contributed by atoms with van der Waals surface area (Å²) in [5.41, 5.74) is 5.66. The number of pyridine rings is 1. The van der Waals surface area contributed by atoms with Crippen LogP contribution in [0.4, 0.5) is 8.78 Å². The molecule has 0 unspecified atom stereocenters. The van der Waals surface area contributed by atoms with Crippen LogP contribution in [0.3, 0.4) is 0 Å². The lowest BCUT2D eigenvalue weighted by molar-refractivity contribution is -0.142. The van der Waals surface area contributed by atoms with Crippen molar-refractivity contribution in [1.29, 1.82) is 0 Å². The van der Waals surface area contributed by atoms with E-state index in [-0.39, 0.29) is 29.7 Å². The topological polar surface area (TPSA) is 65.2 Å². The number of rotatable bonds is 5. The number of hydrogen-bond donors (Lipinski definition) is 1. The van der Waals surface area contributed by atoms with E-state index in [1.807, 2.05) is 0 Å². The Bertz CT molecular complexity index is 441. The molecule has 1 aromatic rings. The largest absolute Gasteiger partial charge is 0.466 e. The van der Waals surface area contributed by atoms with Crippen LogP contribution in [0.1, 0.15) is 30.2 Å². The van der Waals surface area contributed by atoms with Crippen LogP contribution in [0, 0.1) is 0 Å². The molecule has 0 aliphatic rings. The standard InChI is InChI=1S/C11H13BrF2N2O2/c1-2-18-9(17)4-6-3-8(12)16-10(11(13)14)7(6)5-15/h3,11H,2,4-5,15H2,1H3. The summed E-state index contributed by atoms with van der Waals surface area (Å²) in [5, 5.41) is 0. The molecule has 4 nitrogen and oxygen atoms in total. The molecule has 18 heavy (non-hydrogen) atoms. The van der Waals surface area contributed by atoms with E-state index in [2.05, 4.69) is 20.9 Å². The molecule has 0 saturated carbocycles. The molecule has 0 aliphatic carbocycles. The summed E-state index contributed by atoms with van der Waals surface area (Å²) in [6, 6.07) is 1.50. The number of carbonyl (C=O) groups excluding carboxylic acids is 1. The first-order valence-electron chi connectivity index (χ1n) is 5.31. The summed E-state index contributed by atoms with van der Waals surface area (Å²) in [7, 11) is 0. The van der Waals surface area contributed by atoms with Gasteiger partial charge in [-0.1, -0.05) is 0 Å². The minimum Gasteiger partial charge on any atom is -0.466 e. The van der Waals surface area contributed by atoms with Crippen LogP contribution in [-0.2, 0) is 22.5 Å². The molecule has 1 rings (SSSR count). The zero-order chi connectivity index (χ0) is 13.7. The highest BCUT2D eigenvalue weighted by molar-refractivity contribution is 9.10. The molecule has 100 valence electrons. The lowest BCUT2D eigenvalue weighted by atomic mass is 10.0. The minimum atomic E-state index is -2.73. The second kappa shape index (κ2) is 6.75. The fourth-order valence-electron chi connectivity index (χ4n) is 1.55. The van der Waals surface area contributed by atoms with Gasteiger partial charge in [-0.05, 0) is 40.0 Å². The average Bonchev–Trinajstić information content (AvgIpc) is 2.28. The van der Waals surface area contributed by atoms with Crippen molar-refractivity contribution in [2.24, 2.45) is 5.73 Å². The maximum Gasteiger partial charge on any atom is 0.310 e. The second-order valence-corrected chi connectivity index (χ2v) is 4.27. The van der Waals surface area contributed by atoms with Gasteiger partial charge >= 0.3 is 5.97 Å². The molecule has 0 aromatic carbocycles. The number of nitrogens with two attached hydrogens (primary N) is 1. The van der Waals surface area contributed by atoms with Crippen LogP contribution >= 0.6 is 15.9 Å². The summed E-state index contributed by atoms with van der Waals surface area (Å²) < 4.78 is 30.6. The van der Waals surface area contributed by atoms with Crippen LogP contribution in [0.5, 0.6) is 0 Å². The molecule has 0 atom stereocenters. The highest BCUT2D eigenvalue weighted by atomic mass is 79.9. The van der Waals surface area contributed by atoms with Crippen molar-refractivity contribution >= 4 is 21.9 Å². The van der Waals surface area contributed by atoms with Crippen molar-refractivity contribution in [2.75, 3.05) is 6.61 Å². The zero-order valence-electron chi connectivity index (χ0n) is 9.75. The number of halogens is 3. The number of alkyl halides is 2. The third kappa shape index (κ3) is 3.71. The van der Waals surface area contributed by atoms with Crippen molar-refractivity contribution in [1.82, 2.24) is 4.98 Å². The number of ether oxygens (including phenoxy) is 1. The first-order valence-corrected chi connectivity index (χ1v) is 6.10. The first-order chi connectivity index (χ1) is 8.49. The van der Waals surface area contributed by atoms with E-state index in [9.17, 15) is 13.6 Å². The minimum absolute atomic E-state index is 0.0960. The van der Waals surface area contributed by atoms with Gasteiger partial charge in [-0.3, -0.25) is 4.79 Å². The summed E-state index contributed by atoms with van der Waals surface area (Å²) in [6.07, 6.45) is -2.83. The molecule has 2 N–H and O–H groups in total. The summed E-state index contributed by atoms with van der Waals surface area (Å²) in [5.74, 6) is -0.481. The monoisotopic (exact) mass is 322 g/mol. The van der Waals surface area contributed by atoms with Gasteiger partial charge in [-0.2, -0.15) is 0 Å². The number of aromatic nitrogens is 1. The van der Waals surface area contributed by atoms with E-state index < -0.39 is 18.1 Å². The van der Waals surface area contributed by atoms with E-state index in [0.717, 1.165) is 0 Å². The number of carbonyl (C=O) groups is 1. The van der Waals surface area contributed by atoms with Crippen molar-refractivity contribution in [2.45, 2.75) is 26.3 Å². The SMILES string of the molecule is CCOC(=O)Cc1cc(Br)nc(C(F)F)c1CN. The Labute approximate surface area is 112 Å². The Morgan fingerprint density at radius 1 is 1.61 bits per heavy atom. The zero-order valence-corrected chi connectivity index (χ0v) is 11.3. The van der Waals surface area contributed by atoms with E-state index in [1.165, 1.54) is 6.07 Å². The van der Waals surface area contributed by atoms with Crippen LogP contribution in [0.15, 0.2) is 10.7 Å². The molecule has 1 aromatic heterocycles. The third-order valence-corrected chi connectivity index (χ3v) is 2.67. The normalized spacial score (nSPS) is 10.8. The van der Waals surface area contributed by atoms with E-state index >= 15 is 0 Å². The van der Waals surface area contributed by atoms with Crippen LogP contribution in [0.25, 0.3) is 0 Å². The Kier molecular flexibility index (Phi) is 5.61. The van der Waals surface area contributed by atoms with Crippen molar-refractivity contribution in [3.05, 3.63) is 27.5 Å². The van der Waals surface area contributed by atoms with Crippen LogP contribution in [-0.4, -0.2) is 17.6 Å². The van der Waals surface area contributed by atoms with Gasteiger partial charge < -0.3 is 10.5 Å². The fraction of sp³-hybridized carbons (Fsp3) is 0.455. The van der Waals surface area contributed by atoms with E-state index in [0.29, 0.717) is 5.56 Å². The smallest absolute Gasteiger partial charge is 0.310 e. The molecule has 1 heterocycles.